The molecule has 0 saturated heterocycles. The van der Waals surface area contributed by atoms with Crippen LogP contribution in [0.25, 0.3) is 6.08 Å². The molecule has 1 aromatic heterocycles. The molecule has 0 unspecified atom stereocenters. The number of nitrogens with zero attached hydrogens (tertiary/aromatic N) is 1. The number of carbonyl (C=O) groups excluding carboxylic acids is 2. The lowest BCUT2D eigenvalue weighted by molar-refractivity contribution is -0.154. The van der Waals surface area contributed by atoms with E-state index in [2.05, 4.69) is 4.98 Å². The molecule has 206 valence electrons. The third-order valence-electron chi connectivity index (χ3n) is 6.81. The summed E-state index contributed by atoms with van der Waals surface area (Å²) in [7, 11) is 0. The standard InChI is InChI=1S/C27H36F3NO5S/c1-15-8-7-9-19(27(28,29)30)10-11-21(16(2)12-20-14-37-18(4)31-20)36-23(33)13-22(32)26(5,6)25(35)17(3)24(15)34/h7-8,10,12,14-15,17,21-22,24,32,34H,9,11,13H2,1-6H3/b8-7-,16-12+,19-10+/t15-,17+,21-,22-,24-/m0/s1. The number of ketones is 1. The second-order valence-electron chi connectivity index (χ2n) is 10.2. The Hall–Kier alpha value is -2.30. The Morgan fingerprint density at radius 1 is 1.24 bits per heavy atom. The number of hydrogen-bond acceptors (Lipinski definition) is 7. The molecule has 0 aliphatic carbocycles. The summed E-state index contributed by atoms with van der Waals surface area (Å²) in [4.78, 5) is 30.2. The second kappa shape index (κ2) is 12.5. The molecular formula is C27H36F3NO5S. The van der Waals surface area contributed by atoms with Gasteiger partial charge in [-0.05, 0) is 31.9 Å². The van der Waals surface area contributed by atoms with Gasteiger partial charge in [0.25, 0.3) is 0 Å². The molecule has 1 aliphatic rings. The first-order valence-corrected chi connectivity index (χ1v) is 13.0. The van der Waals surface area contributed by atoms with Crippen LogP contribution in [-0.2, 0) is 14.3 Å². The molecule has 1 aromatic rings. The molecule has 5 atom stereocenters. The molecule has 10 heteroatoms. The number of rotatable bonds is 2. The zero-order valence-electron chi connectivity index (χ0n) is 22.0. The molecule has 0 aromatic carbocycles. The third kappa shape index (κ3) is 8.35. The molecule has 2 N–H and O–H groups in total. The van der Waals surface area contributed by atoms with Gasteiger partial charge in [0.2, 0.25) is 0 Å². The summed E-state index contributed by atoms with van der Waals surface area (Å²) in [6.07, 6.45) is -4.04. The first-order valence-electron chi connectivity index (χ1n) is 12.2. The van der Waals surface area contributed by atoms with Gasteiger partial charge in [0.15, 0.2) is 0 Å². The van der Waals surface area contributed by atoms with Gasteiger partial charge in [-0.3, -0.25) is 9.59 Å². The fourth-order valence-electron chi connectivity index (χ4n) is 4.17. The van der Waals surface area contributed by atoms with Crippen molar-refractivity contribution in [3.8, 4) is 0 Å². The zero-order chi connectivity index (χ0) is 28.1. The van der Waals surface area contributed by atoms with E-state index in [1.54, 1.807) is 25.3 Å². The quantitative estimate of drug-likeness (QED) is 0.373. The number of esters is 1. The first-order chi connectivity index (χ1) is 17.0. The smallest absolute Gasteiger partial charge is 0.412 e. The van der Waals surface area contributed by atoms with Crippen molar-refractivity contribution >= 4 is 29.2 Å². The second-order valence-corrected chi connectivity index (χ2v) is 11.3. The normalized spacial score (nSPS) is 31.4. The Labute approximate surface area is 219 Å². The van der Waals surface area contributed by atoms with Crippen molar-refractivity contribution in [3.05, 3.63) is 45.5 Å². The number of Topliss-reactive ketones (excluding diaryl/α,β-unsaturated/α-hetero) is 1. The Morgan fingerprint density at radius 3 is 2.46 bits per heavy atom. The molecule has 0 fully saturated rings. The van der Waals surface area contributed by atoms with Crippen LogP contribution in [-0.4, -0.2) is 51.4 Å². The van der Waals surface area contributed by atoms with Crippen molar-refractivity contribution in [2.24, 2.45) is 17.3 Å². The third-order valence-corrected chi connectivity index (χ3v) is 7.60. The van der Waals surface area contributed by atoms with Gasteiger partial charge in [0.05, 0.1) is 34.7 Å². The summed E-state index contributed by atoms with van der Waals surface area (Å²) in [5.41, 5.74) is -1.11. The number of aryl methyl sites for hydroxylation is 1. The van der Waals surface area contributed by atoms with Crippen molar-refractivity contribution in [2.45, 2.75) is 85.3 Å². The predicted molar refractivity (Wildman–Crippen MR) is 137 cm³/mol. The molecule has 1 aliphatic heterocycles. The Balaban J connectivity index is 2.50. The van der Waals surface area contributed by atoms with Crippen LogP contribution in [0.4, 0.5) is 13.2 Å². The average molecular weight is 544 g/mol. The number of allylic oxidation sites excluding steroid dienone is 2. The number of hydrogen-bond donors (Lipinski definition) is 2. The van der Waals surface area contributed by atoms with E-state index in [1.165, 1.54) is 44.3 Å². The Bertz CT molecular complexity index is 1060. The Morgan fingerprint density at radius 2 is 1.89 bits per heavy atom. The van der Waals surface area contributed by atoms with Crippen LogP contribution in [0.2, 0.25) is 0 Å². The topological polar surface area (TPSA) is 96.7 Å². The number of aromatic nitrogens is 1. The molecule has 2 rings (SSSR count). The molecule has 0 radical (unpaired) electrons. The summed E-state index contributed by atoms with van der Waals surface area (Å²) in [6, 6.07) is 0. The lowest BCUT2D eigenvalue weighted by atomic mass is 9.73. The minimum atomic E-state index is -4.61. The van der Waals surface area contributed by atoms with Crippen molar-refractivity contribution in [1.82, 2.24) is 4.98 Å². The number of halogens is 3. The largest absolute Gasteiger partial charge is 0.457 e. The minimum Gasteiger partial charge on any atom is -0.457 e. The van der Waals surface area contributed by atoms with E-state index in [4.69, 9.17) is 4.74 Å². The van der Waals surface area contributed by atoms with Crippen molar-refractivity contribution in [3.63, 3.8) is 0 Å². The van der Waals surface area contributed by atoms with E-state index in [1.807, 2.05) is 6.92 Å². The highest BCUT2D eigenvalue weighted by molar-refractivity contribution is 7.09. The van der Waals surface area contributed by atoms with Crippen LogP contribution >= 0.6 is 11.3 Å². The van der Waals surface area contributed by atoms with Crippen molar-refractivity contribution in [1.29, 1.82) is 0 Å². The molecule has 0 bridgehead atoms. The van der Waals surface area contributed by atoms with Crippen LogP contribution in [0.5, 0.6) is 0 Å². The highest BCUT2D eigenvalue weighted by Gasteiger charge is 2.42. The molecular weight excluding hydrogens is 507 g/mol. The van der Waals surface area contributed by atoms with Crippen molar-refractivity contribution < 1.29 is 37.7 Å². The average Bonchev–Trinajstić information content (AvgIpc) is 3.21. The molecule has 0 amide bonds. The highest BCUT2D eigenvalue weighted by Crippen LogP contribution is 2.33. The van der Waals surface area contributed by atoms with Gasteiger partial charge in [0.1, 0.15) is 11.9 Å². The summed E-state index contributed by atoms with van der Waals surface area (Å²) >= 11 is 1.41. The number of carbonyl (C=O) groups is 2. The van der Waals surface area contributed by atoms with E-state index in [9.17, 15) is 33.0 Å². The van der Waals surface area contributed by atoms with Crippen molar-refractivity contribution in [2.75, 3.05) is 0 Å². The summed E-state index contributed by atoms with van der Waals surface area (Å²) < 4.78 is 46.8. The van der Waals surface area contributed by atoms with Crippen LogP contribution in [0.1, 0.15) is 64.6 Å². The van der Waals surface area contributed by atoms with Gasteiger partial charge in [-0.15, -0.1) is 11.3 Å². The van der Waals surface area contributed by atoms with Crippen LogP contribution < -0.4 is 0 Å². The van der Waals surface area contributed by atoms with Crippen LogP contribution in [0.15, 0.2) is 34.8 Å². The van der Waals surface area contributed by atoms with Gasteiger partial charge in [-0.2, -0.15) is 13.2 Å². The van der Waals surface area contributed by atoms with E-state index in [0.29, 0.717) is 11.3 Å². The number of aliphatic hydroxyl groups excluding tert-OH is 2. The first kappa shape index (κ1) is 30.9. The lowest BCUT2D eigenvalue weighted by Gasteiger charge is -2.34. The molecule has 2 heterocycles. The number of aliphatic hydroxyl groups is 2. The fourth-order valence-corrected chi connectivity index (χ4v) is 4.74. The predicted octanol–water partition coefficient (Wildman–Crippen LogP) is 5.58. The van der Waals surface area contributed by atoms with Crippen LogP contribution in [0.3, 0.4) is 0 Å². The van der Waals surface area contributed by atoms with E-state index < -0.39 is 71.9 Å². The molecule has 37 heavy (non-hydrogen) atoms. The maximum atomic E-state index is 13.8. The molecule has 0 spiro atoms. The van der Waals surface area contributed by atoms with E-state index in [0.717, 1.165) is 11.1 Å². The highest BCUT2D eigenvalue weighted by atomic mass is 32.1. The summed E-state index contributed by atoms with van der Waals surface area (Å²) in [5, 5.41) is 24.0. The maximum Gasteiger partial charge on any atom is 0.412 e. The number of alkyl halides is 3. The lowest BCUT2D eigenvalue weighted by Crippen LogP contribution is -2.45. The zero-order valence-corrected chi connectivity index (χ0v) is 22.8. The summed E-state index contributed by atoms with van der Waals surface area (Å²) in [5.74, 6) is -2.85. The van der Waals surface area contributed by atoms with Gasteiger partial charge in [-0.1, -0.05) is 45.9 Å². The van der Waals surface area contributed by atoms with Gasteiger partial charge >= 0.3 is 12.1 Å². The SMILES string of the molecule is C/C(=C\c1csc(C)n1)[C@@H]1C/C=C(/C(F)(F)F)C/C=C\[C@H](C)[C@H](O)[C@@H](C)C(=O)C(C)(C)[C@@H](O)CC(=O)O1. The van der Waals surface area contributed by atoms with E-state index >= 15 is 0 Å². The fraction of sp³-hybridized carbons (Fsp3) is 0.593. The number of cyclic esters (lactones) is 1. The Kier molecular flexibility index (Phi) is 10.4. The van der Waals surface area contributed by atoms with Gasteiger partial charge in [-0.25, -0.2) is 4.98 Å². The maximum absolute atomic E-state index is 13.8. The minimum absolute atomic E-state index is 0.243. The monoisotopic (exact) mass is 543 g/mol. The number of thiazole rings is 1. The number of ether oxygens (including phenoxy) is 1. The molecule has 0 saturated carbocycles. The van der Waals surface area contributed by atoms with Crippen LogP contribution in [0, 0.1) is 24.2 Å². The van der Waals surface area contributed by atoms with E-state index in [-0.39, 0.29) is 6.42 Å². The van der Waals surface area contributed by atoms with Gasteiger partial charge < -0.3 is 14.9 Å². The van der Waals surface area contributed by atoms with Gasteiger partial charge in [0, 0.05) is 29.2 Å². The molecule has 6 nitrogen and oxygen atoms in total. The summed E-state index contributed by atoms with van der Waals surface area (Å²) in [6.45, 7) is 9.55.